The average molecular weight is 362 g/mol. The van der Waals surface area contributed by atoms with Gasteiger partial charge in [-0.3, -0.25) is 9.69 Å². The monoisotopic (exact) mass is 361 g/mol. The Bertz CT molecular complexity index is 510. The van der Waals surface area contributed by atoms with Crippen LogP contribution in [0.1, 0.15) is 43.0 Å². The maximum absolute atomic E-state index is 10.8. The van der Waals surface area contributed by atoms with Crippen LogP contribution in [-0.4, -0.2) is 80.6 Å². The molecule has 1 fully saturated rings. The minimum Gasteiger partial charge on any atom is -0.475 e. The lowest BCUT2D eigenvalue weighted by Gasteiger charge is -2.39. The van der Waals surface area contributed by atoms with Crippen molar-refractivity contribution < 1.29 is 9.53 Å². The van der Waals surface area contributed by atoms with E-state index in [1.807, 2.05) is 24.3 Å². The van der Waals surface area contributed by atoms with Gasteiger partial charge < -0.3 is 14.5 Å². The molecule has 0 amide bonds. The predicted octanol–water partition coefficient (Wildman–Crippen LogP) is 2.96. The Morgan fingerprint density at radius 3 is 2.38 bits per heavy atom. The molecule has 1 aliphatic rings. The van der Waals surface area contributed by atoms with Gasteiger partial charge in [0.2, 0.25) is 0 Å². The van der Waals surface area contributed by atoms with Crippen LogP contribution in [0.2, 0.25) is 0 Å². The Morgan fingerprint density at radius 2 is 1.81 bits per heavy atom. The van der Waals surface area contributed by atoms with Crippen LogP contribution in [0.4, 0.5) is 0 Å². The summed E-state index contributed by atoms with van der Waals surface area (Å²) in [4.78, 5) is 18.1. The molecule has 146 valence electrons. The minimum absolute atomic E-state index is 0.126. The van der Waals surface area contributed by atoms with E-state index < -0.39 is 0 Å². The largest absolute Gasteiger partial charge is 0.475 e. The Balaban J connectivity index is 1.85. The van der Waals surface area contributed by atoms with Crippen molar-refractivity contribution in [3.8, 4) is 5.75 Å². The molecule has 1 aliphatic heterocycles. The molecule has 1 heterocycles. The van der Waals surface area contributed by atoms with Crippen molar-refractivity contribution in [2.45, 2.75) is 38.8 Å². The van der Waals surface area contributed by atoms with Crippen LogP contribution < -0.4 is 4.74 Å². The van der Waals surface area contributed by atoms with Gasteiger partial charge in [-0.1, -0.05) is 13.3 Å². The van der Waals surface area contributed by atoms with Gasteiger partial charge in [-0.15, -0.1) is 0 Å². The highest BCUT2D eigenvalue weighted by Crippen LogP contribution is 2.19. The van der Waals surface area contributed by atoms with Crippen molar-refractivity contribution in [2.75, 3.05) is 53.4 Å². The summed E-state index contributed by atoms with van der Waals surface area (Å²) in [5.41, 5.74) is 0.689. The average Bonchev–Trinajstić information content (AvgIpc) is 2.66. The van der Waals surface area contributed by atoms with Crippen LogP contribution in [0.15, 0.2) is 24.3 Å². The third-order valence-corrected chi connectivity index (χ3v) is 4.99. The van der Waals surface area contributed by atoms with Crippen molar-refractivity contribution in [3.63, 3.8) is 0 Å². The number of ether oxygens (including phenoxy) is 1. The SMILES string of the molecule is CCCCC(Oc1ccc(C=O)cc1)N1CCN(CCCN(C)C)CC1. The van der Waals surface area contributed by atoms with E-state index >= 15 is 0 Å². The van der Waals surface area contributed by atoms with Gasteiger partial charge in [0, 0.05) is 31.7 Å². The standard InChI is InChI=1S/C21H35N3O2/c1-4-5-7-21(26-20-10-8-19(18-25)9-11-20)24-16-14-23(15-17-24)13-6-12-22(2)3/h8-11,18,21H,4-7,12-17H2,1-3H3. The summed E-state index contributed by atoms with van der Waals surface area (Å²) in [5, 5.41) is 0. The molecule has 0 N–H and O–H groups in total. The molecule has 0 aromatic heterocycles. The van der Waals surface area contributed by atoms with E-state index in [-0.39, 0.29) is 6.23 Å². The number of unbranched alkanes of at least 4 members (excludes halogenated alkanes) is 1. The number of aldehydes is 1. The van der Waals surface area contributed by atoms with Gasteiger partial charge in [0.05, 0.1) is 0 Å². The number of rotatable bonds is 11. The van der Waals surface area contributed by atoms with Gasteiger partial charge in [-0.2, -0.15) is 0 Å². The Hall–Kier alpha value is -1.43. The first-order valence-electron chi connectivity index (χ1n) is 9.95. The Kier molecular flexibility index (Phi) is 9.09. The van der Waals surface area contributed by atoms with Crippen molar-refractivity contribution in [2.24, 2.45) is 0 Å². The first kappa shape index (κ1) is 20.9. The lowest BCUT2D eigenvalue weighted by Crippen LogP contribution is -2.52. The molecule has 0 aliphatic carbocycles. The van der Waals surface area contributed by atoms with Crippen LogP contribution in [0.25, 0.3) is 0 Å². The first-order valence-corrected chi connectivity index (χ1v) is 9.95. The van der Waals surface area contributed by atoms with Crippen molar-refractivity contribution in [1.29, 1.82) is 0 Å². The highest BCUT2D eigenvalue weighted by Gasteiger charge is 2.24. The van der Waals surface area contributed by atoms with E-state index in [9.17, 15) is 4.79 Å². The van der Waals surface area contributed by atoms with Gasteiger partial charge in [0.25, 0.3) is 0 Å². The summed E-state index contributed by atoms with van der Waals surface area (Å²) in [6.45, 7) is 8.90. The molecule has 2 rings (SSSR count). The second-order valence-electron chi connectivity index (χ2n) is 7.44. The fourth-order valence-corrected chi connectivity index (χ4v) is 3.36. The van der Waals surface area contributed by atoms with Crippen molar-refractivity contribution >= 4 is 6.29 Å². The topological polar surface area (TPSA) is 36.0 Å². The number of carbonyl (C=O) groups excluding carboxylic acids is 1. The van der Waals surface area contributed by atoms with E-state index in [1.54, 1.807) is 0 Å². The Morgan fingerprint density at radius 1 is 1.12 bits per heavy atom. The van der Waals surface area contributed by atoms with E-state index in [0.717, 1.165) is 51.2 Å². The molecule has 0 bridgehead atoms. The molecule has 26 heavy (non-hydrogen) atoms. The van der Waals surface area contributed by atoms with Gasteiger partial charge in [-0.25, -0.2) is 0 Å². The third-order valence-electron chi connectivity index (χ3n) is 4.99. The first-order chi connectivity index (χ1) is 12.6. The predicted molar refractivity (Wildman–Crippen MR) is 107 cm³/mol. The van der Waals surface area contributed by atoms with Gasteiger partial charge in [0.15, 0.2) is 6.23 Å². The lowest BCUT2D eigenvalue weighted by atomic mass is 10.2. The summed E-state index contributed by atoms with van der Waals surface area (Å²) in [7, 11) is 4.27. The number of hydrogen-bond donors (Lipinski definition) is 0. The molecule has 5 nitrogen and oxygen atoms in total. The summed E-state index contributed by atoms with van der Waals surface area (Å²) >= 11 is 0. The molecule has 1 aromatic rings. The number of carbonyl (C=O) groups is 1. The zero-order valence-electron chi connectivity index (χ0n) is 16.7. The van der Waals surface area contributed by atoms with E-state index in [0.29, 0.717) is 5.56 Å². The number of nitrogens with zero attached hydrogens (tertiary/aromatic N) is 3. The zero-order chi connectivity index (χ0) is 18.8. The molecule has 1 unspecified atom stereocenters. The number of hydrogen-bond acceptors (Lipinski definition) is 5. The summed E-state index contributed by atoms with van der Waals surface area (Å²) in [6.07, 6.45) is 5.61. The van der Waals surface area contributed by atoms with Crippen LogP contribution in [0.3, 0.4) is 0 Å². The van der Waals surface area contributed by atoms with Crippen molar-refractivity contribution in [3.05, 3.63) is 29.8 Å². The van der Waals surface area contributed by atoms with Gasteiger partial charge in [-0.05, 0) is 70.7 Å². The highest BCUT2D eigenvalue weighted by molar-refractivity contribution is 5.74. The second kappa shape index (κ2) is 11.3. The van der Waals surface area contributed by atoms with Crippen LogP contribution in [0.5, 0.6) is 5.75 Å². The van der Waals surface area contributed by atoms with Crippen LogP contribution in [-0.2, 0) is 0 Å². The molecule has 1 atom stereocenters. The van der Waals surface area contributed by atoms with E-state index in [2.05, 4.69) is 35.7 Å². The second-order valence-corrected chi connectivity index (χ2v) is 7.44. The molecule has 0 saturated carbocycles. The Labute approximate surface area is 158 Å². The smallest absolute Gasteiger partial charge is 0.152 e. The van der Waals surface area contributed by atoms with E-state index in [4.69, 9.17) is 4.74 Å². The normalized spacial score (nSPS) is 17.4. The molecule has 0 spiro atoms. The number of benzene rings is 1. The maximum atomic E-state index is 10.8. The summed E-state index contributed by atoms with van der Waals surface area (Å²) in [6, 6.07) is 7.45. The number of piperazine rings is 1. The fourth-order valence-electron chi connectivity index (χ4n) is 3.36. The molecule has 1 saturated heterocycles. The van der Waals surface area contributed by atoms with Gasteiger partial charge >= 0.3 is 0 Å². The third kappa shape index (κ3) is 7.06. The quantitative estimate of drug-likeness (QED) is 0.566. The molecular formula is C21H35N3O2. The van der Waals surface area contributed by atoms with Crippen LogP contribution >= 0.6 is 0 Å². The lowest BCUT2D eigenvalue weighted by molar-refractivity contribution is -0.0141. The maximum Gasteiger partial charge on any atom is 0.152 e. The summed E-state index contributed by atoms with van der Waals surface area (Å²) in [5.74, 6) is 0.852. The zero-order valence-corrected chi connectivity index (χ0v) is 16.7. The molecule has 1 aromatic carbocycles. The molecular weight excluding hydrogens is 326 g/mol. The van der Waals surface area contributed by atoms with Crippen molar-refractivity contribution in [1.82, 2.24) is 14.7 Å². The van der Waals surface area contributed by atoms with E-state index in [1.165, 1.54) is 25.8 Å². The molecule has 0 radical (unpaired) electrons. The van der Waals surface area contributed by atoms with Gasteiger partial charge in [0.1, 0.15) is 12.0 Å². The highest BCUT2D eigenvalue weighted by atomic mass is 16.5. The fraction of sp³-hybridized carbons (Fsp3) is 0.667. The summed E-state index contributed by atoms with van der Waals surface area (Å²) < 4.78 is 6.29. The van der Waals surface area contributed by atoms with Crippen LogP contribution in [0, 0.1) is 0 Å². The minimum atomic E-state index is 0.126. The molecule has 5 heteroatoms.